The van der Waals surface area contributed by atoms with Crippen molar-refractivity contribution in [3.8, 4) is 0 Å². The summed E-state index contributed by atoms with van der Waals surface area (Å²) in [4.78, 5) is 14.4. The summed E-state index contributed by atoms with van der Waals surface area (Å²) in [6.45, 7) is 4.62. The molecule has 1 amide bonds. The fraction of sp³-hybridized carbons (Fsp3) is 0.500. The summed E-state index contributed by atoms with van der Waals surface area (Å²) in [5, 5.41) is 2.92. The standard InChI is InChI=1S/C14H18N4O2S2/c19-13(10-21-9-6-18-4-7-20-8-5-18)15-11-2-1-3-12-14(11)17-22-16-12/h1-3H,4-10H2,(H,15,19). The molecule has 0 bridgehead atoms. The molecule has 0 saturated carbocycles. The zero-order valence-corrected chi connectivity index (χ0v) is 13.8. The van der Waals surface area contributed by atoms with Crippen molar-refractivity contribution >= 4 is 46.1 Å². The Morgan fingerprint density at radius 1 is 1.36 bits per heavy atom. The van der Waals surface area contributed by atoms with Crippen molar-refractivity contribution in [2.75, 3.05) is 49.7 Å². The Morgan fingerprint density at radius 2 is 2.23 bits per heavy atom. The van der Waals surface area contributed by atoms with Crippen LogP contribution in [0.4, 0.5) is 5.69 Å². The van der Waals surface area contributed by atoms with Crippen LogP contribution in [-0.2, 0) is 9.53 Å². The third-order valence-corrected chi connectivity index (χ3v) is 4.93. The topological polar surface area (TPSA) is 67.3 Å². The molecule has 3 rings (SSSR count). The average molecular weight is 338 g/mol. The second kappa shape index (κ2) is 7.87. The minimum atomic E-state index is 0.00692. The number of thioether (sulfide) groups is 1. The maximum Gasteiger partial charge on any atom is 0.234 e. The van der Waals surface area contributed by atoms with E-state index in [1.165, 1.54) is 0 Å². The Kier molecular flexibility index (Phi) is 5.60. The van der Waals surface area contributed by atoms with Crippen molar-refractivity contribution < 1.29 is 9.53 Å². The van der Waals surface area contributed by atoms with Gasteiger partial charge in [0.1, 0.15) is 11.0 Å². The number of ether oxygens (including phenoxy) is 1. The van der Waals surface area contributed by atoms with Crippen LogP contribution >= 0.6 is 23.5 Å². The van der Waals surface area contributed by atoms with E-state index in [1.54, 1.807) is 11.8 Å². The van der Waals surface area contributed by atoms with Crippen molar-refractivity contribution in [2.45, 2.75) is 0 Å². The summed E-state index contributed by atoms with van der Waals surface area (Å²) < 4.78 is 13.7. The third-order valence-electron chi connectivity index (χ3n) is 3.45. The van der Waals surface area contributed by atoms with Crippen LogP contribution in [0.2, 0.25) is 0 Å². The number of morpholine rings is 1. The van der Waals surface area contributed by atoms with Crippen molar-refractivity contribution in [3.63, 3.8) is 0 Å². The molecule has 6 nitrogen and oxygen atoms in total. The van der Waals surface area contributed by atoms with Crippen LogP contribution in [0.5, 0.6) is 0 Å². The van der Waals surface area contributed by atoms with Gasteiger partial charge in [-0.25, -0.2) is 0 Å². The highest BCUT2D eigenvalue weighted by Gasteiger charge is 2.11. The van der Waals surface area contributed by atoms with E-state index in [2.05, 4.69) is 19.0 Å². The summed E-state index contributed by atoms with van der Waals surface area (Å²) in [5.74, 6) is 1.42. The highest BCUT2D eigenvalue weighted by molar-refractivity contribution is 7.99. The zero-order valence-electron chi connectivity index (χ0n) is 12.2. The number of rotatable bonds is 6. The van der Waals surface area contributed by atoms with Gasteiger partial charge in [0.2, 0.25) is 5.91 Å². The fourth-order valence-corrected chi connectivity index (χ4v) is 3.62. The molecule has 1 saturated heterocycles. The van der Waals surface area contributed by atoms with Gasteiger partial charge in [-0.1, -0.05) is 6.07 Å². The highest BCUT2D eigenvalue weighted by Crippen LogP contribution is 2.21. The smallest absolute Gasteiger partial charge is 0.234 e. The number of anilines is 1. The van der Waals surface area contributed by atoms with Gasteiger partial charge in [0.25, 0.3) is 0 Å². The summed E-state index contributed by atoms with van der Waals surface area (Å²) >= 11 is 2.81. The van der Waals surface area contributed by atoms with E-state index < -0.39 is 0 Å². The molecule has 22 heavy (non-hydrogen) atoms. The molecule has 0 spiro atoms. The molecule has 0 aliphatic carbocycles. The largest absolute Gasteiger partial charge is 0.379 e. The van der Waals surface area contributed by atoms with E-state index in [1.807, 2.05) is 18.2 Å². The number of nitrogens with one attached hydrogen (secondary N) is 1. The molecule has 0 radical (unpaired) electrons. The third kappa shape index (κ3) is 4.16. The fourth-order valence-electron chi connectivity index (χ4n) is 2.28. The predicted molar refractivity (Wildman–Crippen MR) is 90.6 cm³/mol. The van der Waals surface area contributed by atoms with Gasteiger partial charge in [-0.15, -0.1) is 0 Å². The Balaban J connectivity index is 1.41. The number of hydrogen-bond donors (Lipinski definition) is 1. The molecule has 8 heteroatoms. The minimum absolute atomic E-state index is 0.00692. The van der Waals surface area contributed by atoms with Crippen LogP contribution in [0.3, 0.4) is 0 Å². The number of hydrogen-bond acceptors (Lipinski definition) is 7. The molecule has 0 unspecified atom stereocenters. The van der Waals surface area contributed by atoms with Crippen molar-refractivity contribution in [1.29, 1.82) is 0 Å². The molecule has 2 aromatic rings. The van der Waals surface area contributed by atoms with E-state index >= 15 is 0 Å². The molecular weight excluding hydrogens is 320 g/mol. The van der Waals surface area contributed by atoms with Crippen LogP contribution in [0.1, 0.15) is 0 Å². The number of benzene rings is 1. The molecule has 1 aliphatic heterocycles. The molecule has 0 atom stereocenters. The molecule has 1 N–H and O–H groups in total. The SMILES string of the molecule is O=C(CSCCN1CCOCC1)Nc1cccc2nsnc12. The van der Waals surface area contributed by atoms with E-state index in [4.69, 9.17) is 4.74 Å². The Bertz CT molecular complexity index is 628. The summed E-state index contributed by atoms with van der Waals surface area (Å²) in [6, 6.07) is 5.64. The molecule has 1 aliphatic rings. The Labute approximate surface area is 137 Å². The summed E-state index contributed by atoms with van der Waals surface area (Å²) in [5.41, 5.74) is 2.33. The molecule has 1 aromatic heterocycles. The van der Waals surface area contributed by atoms with Crippen molar-refractivity contribution in [2.24, 2.45) is 0 Å². The van der Waals surface area contributed by atoms with Gasteiger partial charge in [-0.2, -0.15) is 20.5 Å². The van der Waals surface area contributed by atoms with Crippen LogP contribution in [0, 0.1) is 0 Å². The lowest BCUT2D eigenvalue weighted by atomic mass is 10.2. The van der Waals surface area contributed by atoms with Gasteiger partial charge in [0, 0.05) is 25.4 Å². The summed E-state index contributed by atoms with van der Waals surface area (Å²) in [7, 11) is 0. The average Bonchev–Trinajstić information content (AvgIpc) is 3.02. The van der Waals surface area contributed by atoms with Gasteiger partial charge in [0.05, 0.1) is 36.4 Å². The lowest BCUT2D eigenvalue weighted by Gasteiger charge is -2.26. The molecule has 118 valence electrons. The molecule has 1 aromatic carbocycles. The number of fused-ring (bicyclic) bond motifs is 1. The Morgan fingerprint density at radius 3 is 3.09 bits per heavy atom. The van der Waals surface area contributed by atoms with E-state index in [0.717, 1.165) is 67.0 Å². The number of amides is 1. The second-order valence-electron chi connectivity index (χ2n) is 4.99. The zero-order chi connectivity index (χ0) is 15.2. The quantitative estimate of drug-likeness (QED) is 0.809. The summed E-state index contributed by atoms with van der Waals surface area (Å²) in [6.07, 6.45) is 0. The number of carbonyl (C=O) groups is 1. The maximum absolute atomic E-state index is 12.0. The van der Waals surface area contributed by atoms with E-state index in [-0.39, 0.29) is 5.91 Å². The van der Waals surface area contributed by atoms with Crippen LogP contribution in [0.25, 0.3) is 11.0 Å². The molecular formula is C14H18N4O2S2. The molecule has 2 heterocycles. The first-order chi connectivity index (χ1) is 10.8. The van der Waals surface area contributed by atoms with Gasteiger partial charge in [-0.05, 0) is 12.1 Å². The highest BCUT2D eigenvalue weighted by atomic mass is 32.2. The number of carbonyl (C=O) groups excluding carboxylic acids is 1. The van der Waals surface area contributed by atoms with Gasteiger partial charge >= 0.3 is 0 Å². The first-order valence-corrected chi connectivity index (χ1v) is 9.10. The van der Waals surface area contributed by atoms with Crippen molar-refractivity contribution in [3.05, 3.63) is 18.2 Å². The van der Waals surface area contributed by atoms with Crippen LogP contribution < -0.4 is 5.32 Å². The van der Waals surface area contributed by atoms with Gasteiger partial charge in [0.15, 0.2) is 0 Å². The molecule has 1 fully saturated rings. The Hall–Kier alpha value is -1.22. The van der Waals surface area contributed by atoms with Crippen molar-refractivity contribution in [1.82, 2.24) is 13.6 Å². The van der Waals surface area contributed by atoms with Gasteiger partial charge < -0.3 is 10.1 Å². The maximum atomic E-state index is 12.0. The van der Waals surface area contributed by atoms with Crippen LogP contribution in [-0.4, -0.2) is 63.9 Å². The number of aromatic nitrogens is 2. The lowest BCUT2D eigenvalue weighted by Crippen LogP contribution is -2.37. The number of nitrogens with zero attached hydrogens (tertiary/aromatic N) is 3. The van der Waals surface area contributed by atoms with E-state index in [9.17, 15) is 4.79 Å². The second-order valence-corrected chi connectivity index (χ2v) is 6.63. The normalized spacial score (nSPS) is 16.0. The minimum Gasteiger partial charge on any atom is -0.379 e. The lowest BCUT2D eigenvalue weighted by molar-refractivity contribution is -0.113. The van der Waals surface area contributed by atoms with Crippen LogP contribution in [0.15, 0.2) is 18.2 Å². The monoisotopic (exact) mass is 338 g/mol. The first kappa shape index (κ1) is 15.7. The van der Waals surface area contributed by atoms with Gasteiger partial charge in [-0.3, -0.25) is 9.69 Å². The first-order valence-electron chi connectivity index (χ1n) is 7.22. The predicted octanol–water partition coefficient (Wildman–Crippen LogP) is 1.70. The van der Waals surface area contributed by atoms with E-state index in [0.29, 0.717) is 5.75 Å².